The highest BCUT2D eigenvalue weighted by Gasteiger charge is 2.19. The molecule has 2 heterocycles. The van der Waals surface area contributed by atoms with Crippen LogP contribution in [0.5, 0.6) is 0 Å². The second-order valence-electron chi connectivity index (χ2n) is 6.55. The summed E-state index contributed by atoms with van der Waals surface area (Å²) in [6, 6.07) is 16.0. The number of aromatic amines is 1. The second kappa shape index (κ2) is 8.16. The Morgan fingerprint density at radius 2 is 1.90 bits per heavy atom. The van der Waals surface area contributed by atoms with Gasteiger partial charge in [0, 0.05) is 33.9 Å². The van der Waals surface area contributed by atoms with Gasteiger partial charge in [0.25, 0.3) is 5.56 Å². The first-order chi connectivity index (χ1) is 14.6. The van der Waals surface area contributed by atoms with Gasteiger partial charge in [-0.1, -0.05) is 48.0 Å². The number of carbonyl (C=O) groups excluding carboxylic acids is 1. The summed E-state index contributed by atoms with van der Waals surface area (Å²) in [4.78, 5) is 36.0. The molecule has 0 fully saturated rings. The van der Waals surface area contributed by atoms with Gasteiger partial charge in [-0.3, -0.25) is 14.6 Å². The van der Waals surface area contributed by atoms with Crippen molar-refractivity contribution in [3.8, 4) is 11.1 Å². The van der Waals surface area contributed by atoms with Gasteiger partial charge in [-0.05, 0) is 41.5 Å². The average molecular weight is 412 g/mol. The van der Waals surface area contributed by atoms with E-state index in [2.05, 4.69) is 14.8 Å². The van der Waals surface area contributed by atoms with Gasteiger partial charge in [0.1, 0.15) is 0 Å². The number of nitrogens with one attached hydrogen (secondary N) is 1. The van der Waals surface area contributed by atoms with Crippen LogP contribution in [0.25, 0.3) is 33.0 Å². The van der Waals surface area contributed by atoms with E-state index in [0.717, 1.165) is 5.56 Å². The van der Waals surface area contributed by atoms with Crippen LogP contribution in [0.4, 0.5) is 5.69 Å². The Bertz CT molecular complexity index is 1400. The van der Waals surface area contributed by atoms with E-state index in [1.54, 1.807) is 36.5 Å². The van der Waals surface area contributed by atoms with E-state index >= 15 is 0 Å². The number of ketones is 1. The van der Waals surface area contributed by atoms with E-state index in [4.69, 9.17) is 18.2 Å². The predicted octanol–water partition coefficient (Wildman–Crippen LogP) is 5.69. The lowest BCUT2D eigenvalue weighted by molar-refractivity contribution is 0.104. The van der Waals surface area contributed by atoms with Crippen LogP contribution < -0.4 is 5.56 Å². The number of carbonyl (C=O) groups is 1. The van der Waals surface area contributed by atoms with Gasteiger partial charge in [-0.2, -0.15) is 0 Å². The zero-order valence-electron chi connectivity index (χ0n) is 15.6. The summed E-state index contributed by atoms with van der Waals surface area (Å²) >= 11 is 6.20. The molecule has 0 aliphatic heterocycles. The zero-order chi connectivity index (χ0) is 21.1. The normalized spacial score (nSPS) is 10.9. The first kappa shape index (κ1) is 19.3. The van der Waals surface area contributed by atoms with E-state index in [1.807, 2.05) is 30.3 Å². The molecule has 30 heavy (non-hydrogen) atoms. The van der Waals surface area contributed by atoms with E-state index in [1.165, 1.54) is 12.3 Å². The average Bonchev–Trinajstić information content (AvgIpc) is 2.77. The van der Waals surface area contributed by atoms with Gasteiger partial charge in [0.15, 0.2) is 5.78 Å². The summed E-state index contributed by atoms with van der Waals surface area (Å²) < 4.78 is 0. The molecule has 6 heteroatoms. The number of aromatic nitrogens is 2. The standard InChI is InChI=1S/C24H14ClN3O2/c1-26-18-11-15(13-27-14-18)7-10-21(29)23-22(16-5-3-2-4-6-16)19-12-17(25)8-9-20(19)28-24(23)30/h2-14H,(H,28,30)/b10-7+. The number of nitrogens with zero attached hydrogens (tertiary/aromatic N) is 2. The van der Waals surface area contributed by atoms with Crippen molar-refractivity contribution in [2.45, 2.75) is 0 Å². The predicted molar refractivity (Wildman–Crippen MR) is 119 cm³/mol. The molecule has 0 amide bonds. The maximum Gasteiger partial charge on any atom is 0.260 e. The number of H-pyrrole nitrogens is 1. The maximum absolute atomic E-state index is 13.1. The zero-order valence-corrected chi connectivity index (χ0v) is 16.4. The SMILES string of the molecule is [C-]#[N+]c1cncc(/C=C/C(=O)c2c(-c3ccccc3)c3cc(Cl)ccc3[nH]c2=O)c1. The van der Waals surface area contributed by atoms with Crippen LogP contribution in [0.15, 0.2) is 77.9 Å². The quantitative estimate of drug-likeness (QED) is 0.266. The second-order valence-corrected chi connectivity index (χ2v) is 6.98. The summed E-state index contributed by atoms with van der Waals surface area (Å²) in [5, 5.41) is 1.18. The molecule has 144 valence electrons. The number of rotatable bonds is 4. The van der Waals surface area contributed by atoms with Crippen LogP contribution in [-0.4, -0.2) is 15.8 Å². The van der Waals surface area contributed by atoms with E-state index in [0.29, 0.717) is 32.7 Å². The minimum absolute atomic E-state index is 0.0292. The smallest absolute Gasteiger partial charge is 0.260 e. The van der Waals surface area contributed by atoms with Crippen LogP contribution in [0.3, 0.4) is 0 Å². The largest absolute Gasteiger partial charge is 0.321 e. The molecule has 0 saturated heterocycles. The summed E-state index contributed by atoms with van der Waals surface area (Å²) in [5.74, 6) is -0.454. The minimum atomic E-state index is -0.480. The molecule has 0 radical (unpaired) electrons. The van der Waals surface area contributed by atoms with Crippen LogP contribution in [0.1, 0.15) is 15.9 Å². The number of fused-ring (bicyclic) bond motifs is 1. The van der Waals surface area contributed by atoms with Crippen LogP contribution in [0.2, 0.25) is 5.02 Å². The Labute approximate surface area is 177 Å². The van der Waals surface area contributed by atoms with Crippen LogP contribution >= 0.6 is 11.6 Å². The topological polar surface area (TPSA) is 67.2 Å². The van der Waals surface area contributed by atoms with Crippen molar-refractivity contribution in [1.29, 1.82) is 0 Å². The third-order valence-corrected chi connectivity index (χ3v) is 4.82. The summed E-state index contributed by atoms with van der Waals surface area (Å²) in [7, 11) is 0. The van der Waals surface area contributed by atoms with Gasteiger partial charge in [-0.25, -0.2) is 4.85 Å². The van der Waals surface area contributed by atoms with Gasteiger partial charge in [-0.15, -0.1) is 0 Å². The van der Waals surface area contributed by atoms with Crippen molar-refractivity contribution in [3.63, 3.8) is 0 Å². The molecule has 0 saturated carbocycles. The fourth-order valence-corrected chi connectivity index (χ4v) is 3.43. The van der Waals surface area contributed by atoms with E-state index < -0.39 is 11.3 Å². The molecular weight excluding hydrogens is 398 g/mol. The highest BCUT2D eigenvalue weighted by Crippen LogP contribution is 2.31. The van der Waals surface area contributed by atoms with E-state index in [-0.39, 0.29) is 5.56 Å². The first-order valence-corrected chi connectivity index (χ1v) is 9.40. The highest BCUT2D eigenvalue weighted by molar-refractivity contribution is 6.31. The molecule has 0 unspecified atom stereocenters. The molecule has 0 bridgehead atoms. The van der Waals surface area contributed by atoms with Crippen LogP contribution in [-0.2, 0) is 0 Å². The molecule has 4 aromatic rings. The Kier molecular flexibility index (Phi) is 5.25. The number of pyridine rings is 2. The molecule has 0 atom stereocenters. The summed E-state index contributed by atoms with van der Waals surface area (Å²) in [6.45, 7) is 7.07. The third-order valence-electron chi connectivity index (χ3n) is 4.59. The number of halogens is 1. The highest BCUT2D eigenvalue weighted by atomic mass is 35.5. The molecule has 2 aromatic carbocycles. The lowest BCUT2D eigenvalue weighted by Gasteiger charge is -2.11. The Morgan fingerprint density at radius 1 is 1.10 bits per heavy atom. The fraction of sp³-hybridized carbons (Fsp3) is 0. The fourth-order valence-electron chi connectivity index (χ4n) is 3.26. The van der Waals surface area contributed by atoms with Crippen LogP contribution in [0, 0.1) is 6.57 Å². The maximum atomic E-state index is 13.1. The molecule has 5 nitrogen and oxygen atoms in total. The van der Waals surface area contributed by atoms with Crippen molar-refractivity contribution in [2.24, 2.45) is 0 Å². The third kappa shape index (κ3) is 3.77. The molecule has 4 rings (SSSR count). The van der Waals surface area contributed by atoms with Crippen molar-refractivity contribution in [1.82, 2.24) is 9.97 Å². The van der Waals surface area contributed by atoms with Gasteiger partial charge >= 0.3 is 0 Å². The first-order valence-electron chi connectivity index (χ1n) is 9.02. The van der Waals surface area contributed by atoms with Gasteiger partial charge in [0.2, 0.25) is 5.69 Å². The molecule has 1 N–H and O–H groups in total. The lowest BCUT2D eigenvalue weighted by atomic mass is 9.94. The molecule has 0 spiro atoms. The number of benzene rings is 2. The molecule has 2 aromatic heterocycles. The Balaban J connectivity index is 1.90. The monoisotopic (exact) mass is 411 g/mol. The van der Waals surface area contributed by atoms with Crippen molar-refractivity contribution in [2.75, 3.05) is 0 Å². The Morgan fingerprint density at radius 3 is 2.67 bits per heavy atom. The van der Waals surface area contributed by atoms with E-state index in [9.17, 15) is 9.59 Å². The van der Waals surface area contributed by atoms with Gasteiger partial charge < -0.3 is 4.98 Å². The molecular formula is C24H14ClN3O2. The summed E-state index contributed by atoms with van der Waals surface area (Å²) in [6.07, 6.45) is 5.84. The van der Waals surface area contributed by atoms with Gasteiger partial charge in [0.05, 0.1) is 12.1 Å². The lowest BCUT2D eigenvalue weighted by Crippen LogP contribution is -2.18. The number of hydrogen-bond donors (Lipinski definition) is 1. The van der Waals surface area contributed by atoms with Crippen molar-refractivity contribution < 1.29 is 4.79 Å². The Hall–Kier alpha value is -4.01. The summed E-state index contributed by atoms with van der Waals surface area (Å²) in [5.41, 5.74) is 2.38. The molecule has 0 aliphatic carbocycles. The number of hydrogen-bond acceptors (Lipinski definition) is 3. The molecule has 0 aliphatic rings. The number of allylic oxidation sites excluding steroid dienone is 1. The minimum Gasteiger partial charge on any atom is -0.321 e. The van der Waals surface area contributed by atoms with Crippen molar-refractivity contribution in [3.05, 3.63) is 111 Å². The van der Waals surface area contributed by atoms with Crippen molar-refractivity contribution >= 4 is 40.1 Å².